The van der Waals surface area contributed by atoms with Gasteiger partial charge in [0, 0.05) is 18.7 Å². The topological polar surface area (TPSA) is 53.2 Å². The summed E-state index contributed by atoms with van der Waals surface area (Å²) in [5.41, 5.74) is -0.0299. The lowest BCUT2D eigenvalue weighted by Gasteiger charge is -2.23. The highest BCUT2D eigenvalue weighted by molar-refractivity contribution is 5.89. The van der Waals surface area contributed by atoms with Gasteiger partial charge in [0.2, 0.25) is 0 Å². The standard InChI is InChI=1S/C12H15F2N3O/c13-8-3-4-11(10(14)6-8)17-12(18)16-9-2-1-5-15-7-9/h3-4,6,9,15H,1-2,5,7H2,(H2,16,17,18)/t9-/m0/s1. The number of piperidine rings is 1. The van der Waals surface area contributed by atoms with Crippen LogP contribution < -0.4 is 16.0 Å². The summed E-state index contributed by atoms with van der Waals surface area (Å²) in [5.74, 6) is -1.46. The molecule has 1 aromatic rings. The van der Waals surface area contributed by atoms with Crippen molar-refractivity contribution < 1.29 is 13.6 Å². The summed E-state index contributed by atoms with van der Waals surface area (Å²) in [5, 5.41) is 8.26. The third-order valence-corrected chi connectivity index (χ3v) is 2.81. The quantitative estimate of drug-likeness (QED) is 0.755. The van der Waals surface area contributed by atoms with Crippen molar-refractivity contribution in [2.24, 2.45) is 0 Å². The fraction of sp³-hybridized carbons (Fsp3) is 0.417. The molecule has 1 heterocycles. The molecule has 0 bridgehead atoms. The first kappa shape index (κ1) is 12.8. The number of carbonyl (C=O) groups is 1. The van der Waals surface area contributed by atoms with E-state index in [1.54, 1.807) is 0 Å². The third-order valence-electron chi connectivity index (χ3n) is 2.81. The van der Waals surface area contributed by atoms with Crippen LogP contribution in [0.5, 0.6) is 0 Å². The smallest absolute Gasteiger partial charge is 0.319 e. The van der Waals surface area contributed by atoms with Gasteiger partial charge in [-0.3, -0.25) is 0 Å². The van der Waals surface area contributed by atoms with Crippen LogP contribution in [0.3, 0.4) is 0 Å². The second-order valence-corrected chi connectivity index (χ2v) is 4.27. The zero-order chi connectivity index (χ0) is 13.0. The number of amides is 2. The Labute approximate surface area is 104 Å². The Bertz CT molecular complexity index is 433. The molecule has 0 spiro atoms. The lowest BCUT2D eigenvalue weighted by Crippen LogP contribution is -2.47. The Balaban J connectivity index is 1.90. The van der Waals surface area contributed by atoms with Gasteiger partial charge in [0.25, 0.3) is 0 Å². The molecule has 4 nitrogen and oxygen atoms in total. The number of benzene rings is 1. The lowest BCUT2D eigenvalue weighted by atomic mass is 10.1. The fourth-order valence-corrected chi connectivity index (χ4v) is 1.91. The highest BCUT2D eigenvalue weighted by Gasteiger charge is 2.16. The number of halogens is 2. The molecule has 0 saturated carbocycles. The van der Waals surface area contributed by atoms with Gasteiger partial charge in [-0.15, -0.1) is 0 Å². The Hall–Kier alpha value is -1.69. The molecule has 98 valence electrons. The molecular weight excluding hydrogens is 240 g/mol. The summed E-state index contributed by atoms with van der Waals surface area (Å²) in [6.45, 7) is 1.66. The SMILES string of the molecule is O=C(Nc1ccc(F)cc1F)N[C@H]1CCCNC1. The summed E-state index contributed by atoms with van der Waals surface area (Å²) in [7, 11) is 0. The van der Waals surface area contributed by atoms with E-state index in [2.05, 4.69) is 16.0 Å². The number of hydrogen-bond acceptors (Lipinski definition) is 2. The summed E-state index contributed by atoms with van der Waals surface area (Å²) in [6.07, 6.45) is 1.89. The first-order valence-electron chi connectivity index (χ1n) is 5.88. The van der Waals surface area contributed by atoms with Gasteiger partial charge in [-0.1, -0.05) is 0 Å². The van der Waals surface area contributed by atoms with E-state index in [0.717, 1.165) is 31.5 Å². The van der Waals surface area contributed by atoms with Crippen molar-refractivity contribution >= 4 is 11.7 Å². The van der Waals surface area contributed by atoms with Crippen LogP contribution in [0.15, 0.2) is 18.2 Å². The number of carbonyl (C=O) groups excluding carboxylic acids is 1. The highest BCUT2D eigenvalue weighted by Crippen LogP contribution is 2.14. The van der Waals surface area contributed by atoms with E-state index in [0.29, 0.717) is 6.54 Å². The highest BCUT2D eigenvalue weighted by atomic mass is 19.1. The van der Waals surface area contributed by atoms with Gasteiger partial charge in [0.15, 0.2) is 0 Å². The largest absolute Gasteiger partial charge is 0.334 e. The van der Waals surface area contributed by atoms with Crippen LogP contribution in [-0.4, -0.2) is 25.2 Å². The predicted molar refractivity (Wildman–Crippen MR) is 64.4 cm³/mol. The maximum absolute atomic E-state index is 13.3. The van der Waals surface area contributed by atoms with E-state index in [1.165, 1.54) is 6.07 Å². The minimum atomic E-state index is -0.785. The van der Waals surface area contributed by atoms with Crippen LogP contribution in [0.1, 0.15) is 12.8 Å². The second kappa shape index (κ2) is 5.77. The minimum Gasteiger partial charge on any atom is -0.334 e. The summed E-state index contributed by atoms with van der Waals surface area (Å²) >= 11 is 0. The van der Waals surface area contributed by atoms with Crippen molar-refractivity contribution in [2.75, 3.05) is 18.4 Å². The van der Waals surface area contributed by atoms with E-state index >= 15 is 0 Å². The Kier molecular flexibility index (Phi) is 4.09. The van der Waals surface area contributed by atoms with Crippen LogP contribution in [0.2, 0.25) is 0 Å². The van der Waals surface area contributed by atoms with Crippen molar-refractivity contribution in [1.82, 2.24) is 10.6 Å². The van der Waals surface area contributed by atoms with Gasteiger partial charge in [0.05, 0.1) is 5.69 Å². The Morgan fingerprint density at radius 1 is 1.39 bits per heavy atom. The van der Waals surface area contributed by atoms with E-state index in [4.69, 9.17) is 0 Å². The monoisotopic (exact) mass is 255 g/mol. The molecule has 18 heavy (non-hydrogen) atoms. The van der Waals surface area contributed by atoms with Gasteiger partial charge < -0.3 is 16.0 Å². The maximum atomic E-state index is 13.3. The van der Waals surface area contributed by atoms with Crippen molar-refractivity contribution in [3.8, 4) is 0 Å². The van der Waals surface area contributed by atoms with Crippen LogP contribution in [0, 0.1) is 11.6 Å². The molecule has 1 fully saturated rings. The fourth-order valence-electron chi connectivity index (χ4n) is 1.91. The molecule has 1 aliphatic rings. The van der Waals surface area contributed by atoms with Crippen LogP contribution in [-0.2, 0) is 0 Å². The number of urea groups is 1. The van der Waals surface area contributed by atoms with Gasteiger partial charge in [-0.2, -0.15) is 0 Å². The number of hydrogen-bond donors (Lipinski definition) is 3. The van der Waals surface area contributed by atoms with E-state index in [9.17, 15) is 13.6 Å². The molecule has 1 atom stereocenters. The summed E-state index contributed by atoms with van der Waals surface area (Å²) in [4.78, 5) is 11.6. The number of nitrogens with one attached hydrogen (secondary N) is 3. The number of anilines is 1. The minimum absolute atomic E-state index is 0.0299. The average molecular weight is 255 g/mol. The molecule has 0 aliphatic carbocycles. The predicted octanol–water partition coefficient (Wildman–Crippen LogP) is 1.84. The van der Waals surface area contributed by atoms with E-state index in [-0.39, 0.29) is 11.7 Å². The molecule has 6 heteroatoms. The molecule has 3 N–H and O–H groups in total. The molecule has 0 aromatic heterocycles. The first-order chi connectivity index (χ1) is 8.65. The first-order valence-corrected chi connectivity index (χ1v) is 5.88. The molecule has 0 unspecified atom stereocenters. The second-order valence-electron chi connectivity index (χ2n) is 4.27. The van der Waals surface area contributed by atoms with Crippen molar-refractivity contribution in [1.29, 1.82) is 0 Å². The van der Waals surface area contributed by atoms with Crippen molar-refractivity contribution in [3.63, 3.8) is 0 Å². The Morgan fingerprint density at radius 3 is 2.89 bits per heavy atom. The van der Waals surface area contributed by atoms with Gasteiger partial charge in [0.1, 0.15) is 11.6 Å². The van der Waals surface area contributed by atoms with Crippen molar-refractivity contribution in [3.05, 3.63) is 29.8 Å². The zero-order valence-corrected chi connectivity index (χ0v) is 9.80. The van der Waals surface area contributed by atoms with E-state index in [1.807, 2.05) is 0 Å². The molecule has 2 amide bonds. The Morgan fingerprint density at radius 2 is 2.22 bits per heavy atom. The van der Waals surface area contributed by atoms with Crippen LogP contribution in [0.4, 0.5) is 19.3 Å². The van der Waals surface area contributed by atoms with Crippen LogP contribution >= 0.6 is 0 Å². The molecule has 1 aromatic carbocycles. The average Bonchev–Trinajstić information content (AvgIpc) is 2.34. The van der Waals surface area contributed by atoms with Crippen molar-refractivity contribution in [2.45, 2.75) is 18.9 Å². The van der Waals surface area contributed by atoms with Gasteiger partial charge in [-0.25, -0.2) is 13.6 Å². The molecular formula is C12H15F2N3O. The zero-order valence-electron chi connectivity index (χ0n) is 9.80. The van der Waals surface area contributed by atoms with Gasteiger partial charge in [-0.05, 0) is 31.5 Å². The third kappa shape index (κ3) is 3.40. The van der Waals surface area contributed by atoms with Crippen LogP contribution in [0.25, 0.3) is 0 Å². The molecule has 1 aliphatic heterocycles. The molecule has 2 rings (SSSR count). The number of rotatable bonds is 2. The van der Waals surface area contributed by atoms with E-state index < -0.39 is 17.7 Å². The lowest BCUT2D eigenvalue weighted by molar-refractivity contribution is 0.245. The normalized spacial score (nSPS) is 19.3. The van der Waals surface area contributed by atoms with Gasteiger partial charge >= 0.3 is 6.03 Å². The summed E-state index contributed by atoms with van der Waals surface area (Å²) in [6, 6.07) is 2.60. The molecule has 0 radical (unpaired) electrons. The summed E-state index contributed by atoms with van der Waals surface area (Å²) < 4.78 is 26.0. The molecule has 1 saturated heterocycles. The maximum Gasteiger partial charge on any atom is 0.319 e.